The van der Waals surface area contributed by atoms with Crippen molar-refractivity contribution in [3.05, 3.63) is 60.2 Å². The van der Waals surface area contributed by atoms with E-state index >= 15 is 0 Å². The largest absolute Gasteiger partial charge is 0.481 e. The van der Waals surface area contributed by atoms with Gasteiger partial charge in [-0.2, -0.15) is 0 Å². The number of urea groups is 1. The molecule has 7 nitrogen and oxygen atoms in total. The van der Waals surface area contributed by atoms with Gasteiger partial charge in [0.1, 0.15) is 5.54 Å². The standard InChI is InChI=1S/C20H23N3O4/c1-20(2,23-19(27)22-15-8-4-3-5-9-15)18(26)21-16-10-6-7-14(13-16)11-12-17(24)25/h3-10,13H,11-12H2,1-2H3,(H,21,26)(H,24,25)(H2,22,23,27). The molecule has 142 valence electrons. The summed E-state index contributed by atoms with van der Waals surface area (Å²) >= 11 is 0. The van der Waals surface area contributed by atoms with Gasteiger partial charge < -0.3 is 21.1 Å². The second-order valence-corrected chi connectivity index (χ2v) is 6.62. The Morgan fingerprint density at radius 3 is 2.26 bits per heavy atom. The summed E-state index contributed by atoms with van der Waals surface area (Å²) in [5, 5.41) is 16.8. The van der Waals surface area contributed by atoms with Crippen LogP contribution in [0.2, 0.25) is 0 Å². The smallest absolute Gasteiger partial charge is 0.320 e. The molecular weight excluding hydrogens is 346 g/mol. The summed E-state index contributed by atoms with van der Waals surface area (Å²) in [6, 6.07) is 15.4. The van der Waals surface area contributed by atoms with Gasteiger partial charge in [0.25, 0.3) is 0 Å². The van der Waals surface area contributed by atoms with Crippen LogP contribution >= 0.6 is 0 Å². The van der Waals surface area contributed by atoms with E-state index in [0.29, 0.717) is 17.8 Å². The van der Waals surface area contributed by atoms with Crippen molar-refractivity contribution in [2.24, 2.45) is 0 Å². The number of aliphatic carboxylic acids is 1. The molecule has 3 amide bonds. The number of amides is 3. The summed E-state index contributed by atoms with van der Waals surface area (Å²) in [5.74, 6) is -1.26. The lowest BCUT2D eigenvalue weighted by Crippen LogP contribution is -2.53. The molecular formula is C20H23N3O4. The summed E-state index contributed by atoms with van der Waals surface area (Å²) in [7, 11) is 0. The van der Waals surface area contributed by atoms with Crippen molar-refractivity contribution in [1.29, 1.82) is 0 Å². The maximum atomic E-state index is 12.6. The second-order valence-electron chi connectivity index (χ2n) is 6.62. The second kappa shape index (κ2) is 8.84. The fraction of sp³-hybridized carbons (Fsp3) is 0.250. The fourth-order valence-corrected chi connectivity index (χ4v) is 2.37. The van der Waals surface area contributed by atoms with Crippen LogP contribution in [0.15, 0.2) is 54.6 Å². The highest BCUT2D eigenvalue weighted by molar-refractivity contribution is 6.01. The molecule has 2 aromatic rings. The minimum Gasteiger partial charge on any atom is -0.481 e. The molecule has 4 N–H and O–H groups in total. The van der Waals surface area contributed by atoms with Gasteiger partial charge in [0.15, 0.2) is 0 Å². The average molecular weight is 369 g/mol. The number of carbonyl (C=O) groups is 3. The highest BCUT2D eigenvalue weighted by Gasteiger charge is 2.29. The van der Waals surface area contributed by atoms with Crippen LogP contribution in [0.4, 0.5) is 16.2 Å². The Morgan fingerprint density at radius 2 is 1.59 bits per heavy atom. The molecule has 0 radical (unpaired) electrons. The molecule has 0 aliphatic carbocycles. The van der Waals surface area contributed by atoms with Crippen LogP contribution in [0.3, 0.4) is 0 Å². The summed E-state index contributed by atoms with van der Waals surface area (Å²) < 4.78 is 0. The first-order chi connectivity index (χ1) is 12.8. The van der Waals surface area contributed by atoms with Gasteiger partial charge in [0.2, 0.25) is 5.91 Å². The molecule has 2 aromatic carbocycles. The first-order valence-corrected chi connectivity index (χ1v) is 8.53. The number of anilines is 2. The Bertz CT molecular complexity index is 819. The van der Waals surface area contributed by atoms with E-state index in [1.165, 1.54) is 0 Å². The minimum absolute atomic E-state index is 0.0180. The number of rotatable bonds is 7. The molecule has 7 heteroatoms. The van der Waals surface area contributed by atoms with Crippen molar-refractivity contribution in [2.45, 2.75) is 32.2 Å². The lowest BCUT2D eigenvalue weighted by atomic mass is 10.0. The van der Waals surface area contributed by atoms with Gasteiger partial charge in [-0.15, -0.1) is 0 Å². The van der Waals surface area contributed by atoms with Crippen molar-refractivity contribution in [2.75, 3.05) is 10.6 Å². The summed E-state index contributed by atoms with van der Waals surface area (Å²) in [4.78, 5) is 35.4. The average Bonchev–Trinajstić information content (AvgIpc) is 2.60. The summed E-state index contributed by atoms with van der Waals surface area (Å²) in [6.45, 7) is 3.20. The Morgan fingerprint density at radius 1 is 0.926 bits per heavy atom. The van der Waals surface area contributed by atoms with Crippen LogP contribution in [0, 0.1) is 0 Å². The number of carboxylic acids is 1. The molecule has 0 atom stereocenters. The number of carboxylic acid groups (broad SMARTS) is 1. The number of benzene rings is 2. The normalized spacial score (nSPS) is 10.7. The number of para-hydroxylation sites is 1. The molecule has 2 rings (SSSR count). The van der Waals surface area contributed by atoms with Crippen molar-refractivity contribution in [1.82, 2.24) is 5.32 Å². The van der Waals surface area contributed by atoms with E-state index in [1.807, 2.05) is 6.07 Å². The molecule has 0 saturated carbocycles. The highest BCUT2D eigenvalue weighted by Crippen LogP contribution is 2.15. The maximum Gasteiger partial charge on any atom is 0.320 e. The molecule has 27 heavy (non-hydrogen) atoms. The number of carbonyl (C=O) groups excluding carboxylic acids is 2. The van der Waals surface area contributed by atoms with Gasteiger partial charge in [0.05, 0.1) is 0 Å². The zero-order valence-corrected chi connectivity index (χ0v) is 15.3. The Labute approximate surface area is 157 Å². The number of aryl methyl sites for hydroxylation is 1. The summed E-state index contributed by atoms with van der Waals surface area (Å²) in [6.07, 6.45) is 0.393. The van der Waals surface area contributed by atoms with E-state index in [9.17, 15) is 14.4 Å². The molecule has 0 saturated heterocycles. The zero-order valence-electron chi connectivity index (χ0n) is 15.3. The topological polar surface area (TPSA) is 108 Å². The zero-order chi connectivity index (χ0) is 19.9. The maximum absolute atomic E-state index is 12.6. The van der Waals surface area contributed by atoms with Crippen LogP contribution < -0.4 is 16.0 Å². The van der Waals surface area contributed by atoms with E-state index in [1.54, 1.807) is 62.4 Å². The molecule has 0 heterocycles. The Hall–Kier alpha value is -3.35. The molecule has 0 aliphatic heterocycles. The van der Waals surface area contributed by atoms with E-state index in [2.05, 4.69) is 16.0 Å². The van der Waals surface area contributed by atoms with Crippen LogP contribution in [0.5, 0.6) is 0 Å². The van der Waals surface area contributed by atoms with E-state index in [0.717, 1.165) is 5.56 Å². The van der Waals surface area contributed by atoms with Crippen LogP contribution in [-0.4, -0.2) is 28.6 Å². The third-order valence-electron chi connectivity index (χ3n) is 3.84. The summed E-state index contributed by atoms with van der Waals surface area (Å²) in [5.41, 5.74) is 0.817. The fourth-order valence-electron chi connectivity index (χ4n) is 2.37. The van der Waals surface area contributed by atoms with Gasteiger partial charge in [-0.1, -0.05) is 30.3 Å². The van der Waals surface area contributed by atoms with Gasteiger partial charge in [-0.05, 0) is 50.1 Å². The third-order valence-corrected chi connectivity index (χ3v) is 3.84. The molecule has 0 bridgehead atoms. The molecule has 0 unspecified atom stereocenters. The van der Waals surface area contributed by atoms with Crippen molar-refractivity contribution in [3.8, 4) is 0 Å². The van der Waals surface area contributed by atoms with Crippen LogP contribution in [-0.2, 0) is 16.0 Å². The van der Waals surface area contributed by atoms with Crippen molar-refractivity contribution >= 4 is 29.3 Å². The van der Waals surface area contributed by atoms with Gasteiger partial charge in [-0.25, -0.2) is 4.79 Å². The van der Waals surface area contributed by atoms with Crippen LogP contribution in [0.1, 0.15) is 25.8 Å². The number of hydrogen-bond acceptors (Lipinski definition) is 3. The van der Waals surface area contributed by atoms with E-state index < -0.39 is 17.5 Å². The van der Waals surface area contributed by atoms with Gasteiger partial charge >= 0.3 is 12.0 Å². The lowest BCUT2D eigenvalue weighted by molar-refractivity contribution is -0.137. The predicted octanol–water partition coefficient (Wildman–Crippen LogP) is 3.24. The van der Waals surface area contributed by atoms with E-state index in [4.69, 9.17) is 5.11 Å². The van der Waals surface area contributed by atoms with Crippen molar-refractivity contribution < 1.29 is 19.5 Å². The number of nitrogens with one attached hydrogen (secondary N) is 3. The highest BCUT2D eigenvalue weighted by atomic mass is 16.4. The first-order valence-electron chi connectivity index (χ1n) is 8.53. The molecule has 0 aliphatic rings. The third kappa shape index (κ3) is 6.47. The van der Waals surface area contributed by atoms with Crippen LogP contribution in [0.25, 0.3) is 0 Å². The van der Waals surface area contributed by atoms with E-state index in [-0.39, 0.29) is 12.3 Å². The lowest BCUT2D eigenvalue weighted by Gasteiger charge is -2.25. The molecule has 0 aromatic heterocycles. The quantitative estimate of drug-likeness (QED) is 0.601. The predicted molar refractivity (Wildman–Crippen MR) is 104 cm³/mol. The number of hydrogen-bond donors (Lipinski definition) is 4. The van der Waals surface area contributed by atoms with Crippen molar-refractivity contribution in [3.63, 3.8) is 0 Å². The molecule has 0 spiro atoms. The monoisotopic (exact) mass is 369 g/mol. The Kier molecular flexibility index (Phi) is 6.54. The molecule has 0 fully saturated rings. The van der Waals surface area contributed by atoms with Gasteiger partial charge in [0, 0.05) is 17.8 Å². The van der Waals surface area contributed by atoms with Gasteiger partial charge in [-0.3, -0.25) is 9.59 Å². The first kappa shape index (κ1) is 20.0. The minimum atomic E-state index is -1.16. The Balaban J connectivity index is 1.96. The SMILES string of the molecule is CC(C)(NC(=O)Nc1ccccc1)C(=O)Nc1cccc(CCC(=O)O)c1.